The van der Waals surface area contributed by atoms with Gasteiger partial charge in [0.2, 0.25) is 0 Å². The average molecular weight is 162 g/mol. The van der Waals surface area contributed by atoms with Gasteiger partial charge in [-0.1, -0.05) is 12.8 Å². The Hall–Kier alpha value is -1.29. The first-order valence-corrected chi connectivity index (χ1v) is 3.94. The Bertz CT molecular complexity index is 308. The standard InChI is InChI=1S/C11H11F/c1-4-9-6-8(3)10(5-2)11(12)7-9/h1,6-7H,5H2,2-3H3. The van der Waals surface area contributed by atoms with E-state index in [-0.39, 0.29) is 5.82 Å². The molecule has 0 aliphatic rings. The Morgan fingerprint density at radius 2 is 2.17 bits per heavy atom. The second-order valence-corrected chi connectivity index (χ2v) is 2.75. The van der Waals surface area contributed by atoms with E-state index in [1.807, 2.05) is 19.9 Å². The van der Waals surface area contributed by atoms with E-state index >= 15 is 0 Å². The van der Waals surface area contributed by atoms with Crippen molar-refractivity contribution in [2.24, 2.45) is 0 Å². The van der Waals surface area contributed by atoms with Gasteiger partial charge in [0.25, 0.3) is 0 Å². The van der Waals surface area contributed by atoms with E-state index in [1.165, 1.54) is 6.07 Å². The largest absolute Gasteiger partial charge is 0.207 e. The van der Waals surface area contributed by atoms with Gasteiger partial charge in [0, 0.05) is 5.56 Å². The summed E-state index contributed by atoms with van der Waals surface area (Å²) in [5.74, 6) is 2.23. The van der Waals surface area contributed by atoms with Crippen molar-refractivity contribution < 1.29 is 4.39 Å². The molecule has 0 fully saturated rings. The molecule has 0 saturated carbocycles. The van der Waals surface area contributed by atoms with Gasteiger partial charge < -0.3 is 0 Å². The molecule has 0 aliphatic heterocycles. The zero-order valence-corrected chi connectivity index (χ0v) is 7.32. The van der Waals surface area contributed by atoms with Gasteiger partial charge in [-0.3, -0.25) is 0 Å². The number of aryl methyl sites for hydroxylation is 1. The minimum Gasteiger partial charge on any atom is -0.207 e. The van der Waals surface area contributed by atoms with Gasteiger partial charge >= 0.3 is 0 Å². The number of benzene rings is 1. The molecular weight excluding hydrogens is 151 g/mol. The van der Waals surface area contributed by atoms with E-state index in [2.05, 4.69) is 5.92 Å². The molecule has 0 saturated heterocycles. The molecule has 0 amide bonds. The molecule has 0 heterocycles. The first-order valence-electron chi connectivity index (χ1n) is 3.94. The van der Waals surface area contributed by atoms with Gasteiger partial charge in [0.05, 0.1) is 0 Å². The van der Waals surface area contributed by atoms with Crippen LogP contribution in [0.4, 0.5) is 4.39 Å². The summed E-state index contributed by atoms with van der Waals surface area (Å²) >= 11 is 0. The Balaban J connectivity index is 3.30. The number of rotatable bonds is 1. The van der Waals surface area contributed by atoms with Crippen LogP contribution in [0.5, 0.6) is 0 Å². The van der Waals surface area contributed by atoms with Crippen LogP contribution >= 0.6 is 0 Å². The van der Waals surface area contributed by atoms with Crippen molar-refractivity contribution in [3.05, 3.63) is 34.6 Å². The van der Waals surface area contributed by atoms with Crippen molar-refractivity contribution in [1.82, 2.24) is 0 Å². The highest BCUT2D eigenvalue weighted by Gasteiger charge is 2.04. The lowest BCUT2D eigenvalue weighted by molar-refractivity contribution is 0.610. The highest BCUT2D eigenvalue weighted by molar-refractivity contribution is 5.40. The summed E-state index contributed by atoms with van der Waals surface area (Å²) in [6.07, 6.45) is 5.87. The van der Waals surface area contributed by atoms with E-state index < -0.39 is 0 Å². The molecule has 1 aromatic carbocycles. The van der Waals surface area contributed by atoms with Crippen molar-refractivity contribution in [3.8, 4) is 12.3 Å². The summed E-state index contributed by atoms with van der Waals surface area (Å²) < 4.78 is 13.2. The maximum Gasteiger partial charge on any atom is 0.127 e. The second kappa shape index (κ2) is 3.40. The molecule has 0 aromatic heterocycles. The molecule has 62 valence electrons. The van der Waals surface area contributed by atoms with Crippen LogP contribution in [0.15, 0.2) is 12.1 Å². The predicted molar refractivity (Wildman–Crippen MR) is 48.5 cm³/mol. The van der Waals surface area contributed by atoms with Crippen LogP contribution < -0.4 is 0 Å². The lowest BCUT2D eigenvalue weighted by Gasteiger charge is -2.04. The van der Waals surface area contributed by atoms with Gasteiger partial charge in [-0.05, 0) is 36.6 Å². The molecule has 1 heteroatoms. The van der Waals surface area contributed by atoms with E-state index in [1.54, 1.807) is 0 Å². The van der Waals surface area contributed by atoms with Crippen LogP contribution in [0.2, 0.25) is 0 Å². The summed E-state index contributed by atoms with van der Waals surface area (Å²) in [7, 11) is 0. The van der Waals surface area contributed by atoms with Crippen LogP contribution in [0, 0.1) is 25.1 Å². The van der Waals surface area contributed by atoms with E-state index in [4.69, 9.17) is 6.42 Å². The first kappa shape index (κ1) is 8.80. The monoisotopic (exact) mass is 162 g/mol. The molecule has 1 rings (SSSR count). The predicted octanol–water partition coefficient (Wildman–Crippen LogP) is 2.68. The van der Waals surface area contributed by atoms with Crippen molar-refractivity contribution in [1.29, 1.82) is 0 Å². The quantitative estimate of drug-likeness (QED) is 0.557. The third-order valence-corrected chi connectivity index (χ3v) is 1.94. The molecule has 0 unspecified atom stereocenters. The zero-order valence-electron chi connectivity index (χ0n) is 7.32. The molecule has 1 aromatic rings. The number of hydrogen-bond acceptors (Lipinski definition) is 0. The summed E-state index contributed by atoms with van der Waals surface area (Å²) in [6, 6.07) is 3.24. The van der Waals surface area contributed by atoms with E-state index in [9.17, 15) is 4.39 Å². The summed E-state index contributed by atoms with van der Waals surface area (Å²) in [4.78, 5) is 0. The molecule has 0 atom stereocenters. The van der Waals surface area contributed by atoms with Crippen molar-refractivity contribution in [2.45, 2.75) is 20.3 Å². The zero-order chi connectivity index (χ0) is 9.14. The lowest BCUT2D eigenvalue weighted by atomic mass is 10.0. The summed E-state index contributed by atoms with van der Waals surface area (Å²) in [6.45, 7) is 3.81. The Labute approximate surface area is 72.4 Å². The van der Waals surface area contributed by atoms with Crippen LogP contribution in [0.1, 0.15) is 23.6 Å². The smallest absolute Gasteiger partial charge is 0.127 e. The van der Waals surface area contributed by atoms with Crippen LogP contribution in [-0.2, 0) is 6.42 Å². The van der Waals surface area contributed by atoms with Gasteiger partial charge in [-0.25, -0.2) is 4.39 Å². The minimum atomic E-state index is -0.189. The summed E-state index contributed by atoms with van der Waals surface area (Å²) in [5.41, 5.74) is 2.31. The average Bonchev–Trinajstić information content (AvgIpc) is 2.03. The minimum absolute atomic E-state index is 0.189. The topological polar surface area (TPSA) is 0 Å². The SMILES string of the molecule is C#Cc1cc(C)c(CC)c(F)c1. The first-order chi connectivity index (χ1) is 5.69. The van der Waals surface area contributed by atoms with Crippen LogP contribution in [0.25, 0.3) is 0 Å². The van der Waals surface area contributed by atoms with Crippen molar-refractivity contribution >= 4 is 0 Å². The number of halogens is 1. The molecule has 12 heavy (non-hydrogen) atoms. The molecule has 0 bridgehead atoms. The van der Waals surface area contributed by atoms with E-state index in [0.717, 1.165) is 11.1 Å². The highest BCUT2D eigenvalue weighted by Crippen LogP contribution is 2.15. The number of hydrogen-bond donors (Lipinski definition) is 0. The van der Waals surface area contributed by atoms with E-state index in [0.29, 0.717) is 12.0 Å². The normalized spacial score (nSPS) is 9.50. The third-order valence-electron chi connectivity index (χ3n) is 1.94. The van der Waals surface area contributed by atoms with Gasteiger partial charge in [-0.15, -0.1) is 6.42 Å². The van der Waals surface area contributed by atoms with Gasteiger partial charge in [0.1, 0.15) is 5.82 Å². The summed E-state index contributed by atoms with van der Waals surface area (Å²) in [5, 5.41) is 0. The third kappa shape index (κ3) is 1.48. The Morgan fingerprint density at radius 1 is 1.50 bits per heavy atom. The van der Waals surface area contributed by atoms with Crippen LogP contribution in [-0.4, -0.2) is 0 Å². The Kier molecular flexibility index (Phi) is 2.50. The van der Waals surface area contributed by atoms with Crippen molar-refractivity contribution in [2.75, 3.05) is 0 Å². The second-order valence-electron chi connectivity index (χ2n) is 2.75. The molecule has 0 aliphatic carbocycles. The Morgan fingerprint density at radius 3 is 2.58 bits per heavy atom. The molecule has 0 nitrogen and oxygen atoms in total. The maximum absolute atomic E-state index is 13.2. The fraction of sp³-hybridized carbons (Fsp3) is 0.273. The molecular formula is C11H11F. The number of terminal acetylenes is 1. The van der Waals surface area contributed by atoms with Crippen LogP contribution in [0.3, 0.4) is 0 Å². The highest BCUT2D eigenvalue weighted by atomic mass is 19.1. The maximum atomic E-state index is 13.2. The fourth-order valence-electron chi connectivity index (χ4n) is 1.31. The lowest BCUT2D eigenvalue weighted by Crippen LogP contribution is -1.93. The molecule has 0 spiro atoms. The fourth-order valence-corrected chi connectivity index (χ4v) is 1.31. The molecule has 0 radical (unpaired) electrons. The van der Waals surface area contributed by atoms with Crippen molar-refractivity contribution in [3.63, 3.8) is 0 Å². The molecule has 0 N–H and O–H groups in total. The van der Waals surface area contributed by atoms with Gasteiger partial charge in [-0.2, -0.15) is 0 Å². The van der Waals surface area contributed by atoms with Gasteiger partial charge in [0.15, 0.2) is 0 Å².